The van der Waals surface area contributed by atoms with Crippen molar-refractivity contribution < 1.29 is 4.74 Å². The Bertz CT molecular complexity index is 1310. The van der Waals surface area contributed by atoms with Gasteiger partial charge in [-0.05, 0) is 42.0 Å². The second-order valence-corrected chi connectivity index (χ2v) is 8.21. The van der Waals surface area contributed by atoms with Crippen LogP contribution in [0, 0.1) is 11.3 Å². The first-order chi connectivity index (χ1) is 15.7. The van der Waals surface area contributed by atoms with Gasteiger partial charge in [0.05, 0.1) is 13.2 Å². The summed E-state index contributed by atoms with van der Waals surface area (Å²) in [6.45, 7) is 3.31. The lowest BCUT2D eigenvalue weighted by Crippen LogP contribution is -2.36. The SMILES string of the molecule is N#Cc1nc2nc(Nc3ccc(N4CCOCC4)cc3)ncc2cc1-c1ccccc1Br. The van der Waals surface area contributed by atoms with Gasteiger partial charge in [0, 0.05) is 46.1 Å². The molecule has 0 spiro atoms. The molecule has 2 aromatic carbocycles. The van der Waals surface area contributed by atoms with Crippen molar-refractivity contribution in [1.82, 2.24) is 15.0 Å². The highest BCUT2D eigenvalue weighted by Gasteiger charge is 2.14. The summed E-state index contributed by atoms with van der Waals surface area (Å²) in [6.07, 6.45) is 1.72. The lowest BCUT2D eigenvalue weighted by molar-refractivity contribution is 0.122. The molecule has 1 aliphatic heterocycles. The third-order valence-electron chi connectivity index (χ3n) is 5.34. The van der Waals surface area contributed by atoms with E-state index in [0.29, 0.717) is 17.3 Å². The molecule has 0 bridgehead atoms. The van der Waals surface area contributed by atoms with Crippen molar-refractivity contribution >= 4 is 44.3 Å². The Morgan fingerprint density at radius 1 is 1.00 bits per heavy atom. The third-order valence-corrected chi connectivity index (χ3v) is 6.03. The zero-order chi connectivity index (χ0) is 21.9. The van der Waals surface area contributed by atoms with E-state index in [0.717, 1.165) is 53.0 Å². The summed E-state index contributed by atoms with van der Waals surface area (Å²) in [7, 11) is 0. The minimum Gasteiger partial charge on any atom is -0.378 e. The minimum absolute atomic E-state index is 0.323. The molecule has 2 aromatic heterocycles. The van der Waals surface area contributed by atoms with Crippen LogP contribution in [0.2, 0.25) is 0 Å². The number of morpholine rings is 1. The van der Waals surface area contributed by atoms with E-state index in [1.165, 1.54) is 5.69 Å². The molecule has 8 heteroatoms. The number of fused-ring (bicyclic) bond motifs is 1. The molecule has 4 aromatic rings. The van der Waals surface area contributed by atoms with Gasteiger partial charge < -0.3 is 15.0 Å². The van der Waals surface area contributed by atoms with E-state index in [2.05, 4.69) is 59.3 Å². The number of pyridine rings is 1. The second kappa shape index (κ2) is 8.91. The number of nitrogens with one attached hydrogen (secondary N) is 1. The molecule has 1 saturated heterocycles. The molecule has 0 radical (unpaired) electrons. The normalized spacial score (nSPS) is 13.7. The highest BCUT2D eigenvalue weighted by atomic mass is 79.9. The molecular weight excluding hydrogens is 468 g/mol. The highest BCUT2D eigenvalue weighted by molar-refractivity contribution is 9.10. The van der Waals surface area contributed by atoms with Crippen LogP contribution in [0.5, 0.6) is 0 Å². The monoisotopic (exact) mass is 486 g/mol. The van der Waals surface area contributed by atoms with Gasteiger partial charge in [0.15, 0.2) is 11.3 Å². The maximum atomic E-state index is 9.67. The smallest absolute Gasteiger partial charge is 0.229 e. The first-order valence-electron chi connectivity index (χ1n) is 10.2. The Morgan fingerprint density at radius 2 is 1.78 bits per heavy atom. The first-order valence-corrected chi connectivity index (χ1v) is 11.0. The van der Waals surface area contributed by atoms with E-state index < -0.39 is 0 Å². The maximum absolute atomic E-state index is 9.67. The zero-order valence-electron chi connectivity index (χ0n) is 17.1. The number of rotatable bonds is 4. The van der Waals surface area contributed by atoms with Crippen LogP contribution in [0.4, 0.5) is 17.3 Å². The fourth-order valence-corrected chi connectivity index (χ4v) is 4.20. The van der Waals surface area contributed by atoms with Crippen molar-refractivity contribution in [2.24, 2.45) is 0 Å². The van der Waals surface area contributed by atoms with Gasteiger partial charge in [-0.25, -0.2) is 9.97 Å². The zero-order valence-corrected chi connectivity index (χ0v) is 18.7. The number of ether oxygens (including phenoxy) is 1. The Kier molecular flexibility index (Phi) is 5.67. The number of benzene rings is 2. The highest BCUT2D eigenvalue weighted by Crippen LogP contribution is 2.32. The van der Waals surface area contributed by atoms with Crippen molar-refractivity contribution in [1.29, 1.82) is 5.26 Å². The molecule has 1 fully saturated rings. The molecule has 0 unspecified atom stereocenters. The maximum Gasteiger partial charge on any atom is 0.229 e. The van der Waals surface area contributed by atoms with Crippen LogP contribution >= 0.6 is 15.9 Å². The summed E-state index contributed by atoms with van der Waals surface area (Å²) < 4.78 is 6.32. The molecular formula is C24H19BrN6O. The number of hydrogen-bond acceptors (Lipinski definition) is 7. The van der Waals surface area contributed by atoms with Crippen LogP contribution in [0.15, 0.2) is 65.3 Å². The standard InChI is InChI=1S/C24H19BrN6O/c25-21-4-2-1-3-19(21)20-13-16-15-27-24(30-23(16)29-22(20)14-26)28-17-5-7-18(8-6-17)31-9-11-32-12-10-31/h1-8,13,15H,9-12H2,(H,27,28,29,30). The van der Waals surface area contributed by atoms with Crippen LogP contribution in [0.1, 0.15) is 5.69 Å². The molecule has 7 nitrogen and oxygen atoms in total. The lowest BCUT2D eigenvalue weighted by atomic mass is 10.0. The van der Waals surface area contributed by atoms with Gasteiger partial charge >= 0.3 is 0 Å². The molecule has 0 amide bonds. The van der Waals surface area contributed by atoms with E-state index in [-0.39, 0.29) is 0 Å². The Balaban J connectivity index is 1.42. The molecule has 3 heterocycles. The molecule has 0 atom stereocenters. The van der Waals surface area contributed by atoms with Crippen LogP contribution in [0.3, 0.4) is 0 Å². The van der Waals surface area contributed by atoms with Crippen molar-refractivity contribution in [3.05, 3.63) is 71.0 Å². The van der Waals surface area contributed by atoms with Crippen molar-refractivity contribution in [3.63, 3.8) is 0 Å². The average molecular weight is 487 g/mol. The number of nitrogens with zero attached hydrogens (tertiary/aromatic N) is 5. The van der Waals surface area contributed by atoms with Gasteiger partial charge in [-0.1, -0.05) is 34.1 Å². The van der Waals surface area contributed by atoms with Gasteiger partial charge in [0.1, 0.15) is 6.07 Å². The predicted molar refractivity (Wildman–Crippen MR) is 128 cm³/mol. The van der Waals surface area contributed by atoms with E-state index >= 15 is 0 Å². The van der Waals surface area contributed by atoms with Gasteiger partial charge in [0.25, 0.3) is 0 Å². The van der Waals surface area contributed by atoms with E-state index in [4.69, 9.17) is 4.74 Å². The molecule has 1 N–H and O–H groups in total. The molecule has 32 heavy (non-hydrogen) atoms. The third kappa shape index (κ3) is 4.13. The number of hydrogen-bond donors (Lipinski definition) is 1. The van der Waals surface area contributed by atoms with Crippen molar-refractivity contribution in [3.8, 4) is 17.2 Å². The van der Waals surface area contributed by atoms with Gasteiger partial charge in [-0.2, -0.15) is 10.2 Å². The predicted octanol–water partition coefficient (Wildman–Crippen LogP) is 4.91. The van der Waals surface area contributed by atoms with Crippen molar-refractivity contribution in [2.45, 2.75) is 0 Å². The first kappa shape index (κ1) is 20.4. The van der Waals surface area contributed by atoms with E-state index in [1.807, 2.05) is 42.5 Å². The Labute approximate surface area is 193 Å². The van der Waals surface area contributed by atoms with Gasteiger partial charge in [0.2, 0.25) is 5.95 Å². The van der Waals surface area contributed by atoms with Crippen LogP contribution < -0.4 is 10.2 Å². The van der Waals surface area contributed by atoms with Crippen molar-refractivity contribution in [2.75, 3.05) is 36.5 Å². The topological polar surface area (TPSA) is 87.0 Å². The summed E-state index contributed by atoms with van der Waals surface area (Å²) in [4.78, 5) is 15.8. The largest absolute Gasteiger partial charge is 0.378 e. The summed E-state index contributed by atoms with van der Waals surface area (Å²) in [6, 6.07) is 20.0. The fourth-order valence-electron chi connectivity index (χ4n) is 3.70. The Hall–Kier alpha value is -3.54. The quantitative estimate of drug-likeness (QED) is 0.438. The second-order valence-electron chi connectivity index (χ2n) is 7.35. The molecule has 1 aliphatic rings. The summed E-state index contributed by atoms with van der Waals surface area (Å²) >= 11 is 3.55. The molecule has 0 aliphatic carbocycles. The van der Waals surface area contributed by atoms with E-state index in [1.54, 1.807) is 6.20 Å². The summed E-state index contributed by atoms with van der Waals surface area (Å²) in [5, 5.41) is 13.7. The van der Waals surface area contributed by atoms with Gasteiger partial charge in [-0.3, -0.25) is 0 Å². The fraction of sp³-hybridized carbons (Fsp3) is 0.167. The van der Waals surface area contributed by atoms with Crippen LogP contribution in [-0.4, -0.2) is 41.3 Å². The van der Waals surface area contributed by atoms with E-state index in [9.17, 15) is 5.26 Å². The lowest BCUT2D eigenvalue weighted by Gasteiger charge is -2.28. The summed E-state index contributed by atoms with van der Waals surface area (Å²) in [5.41, 5.74) is 4.49. The number of nitriles is 1. The molecule has 0 saturated carbocycles. The number of anilines is 3. The van der Waals surface area contributed by atoms with Crippen LogP contribution in [0.25, 0.3) is 22.2 Å². The Morgan fingerprint density at radius 3 is 2.53 bits per heavy atom. The van der Waals surface area contributed by atoms with Crippen LogP contribution in [-0.2, 0) is 4.74 Å². The van der Waals surface area contributed by atoms with Gasteiger partial charge in [-0.15, -0.1) is 0 Å². The number of halogens is 1. The minimum atomic E-state index is 0.323. The summed E-state index contributed by atoms with van der Waals surface area (Å²) in [5.74, 6) is 0.432. The number of aromatic nitrogens is 3. The molecule has 158 valence electrons. The molecule has 5 rings (SSSR count). The average Bonchev–Trinajstić information content (AvgIpc) is 2.84.